The van der Waals surface area contributed by atoms with Crippen LogP contribution in [0.4, 0.5) is 0 Å². The molecule has 128 valence electrons. The van der Waals surface area contributed by atoms with Crippen molar-refractivity contribution >= 4 is 15.4 Å². The van der Waals surface area contributed by atoms with Gasteiger partial charge in [0.05, 0.1) is 25.5 Å². The van der Waals surface area contributed by atoms with Crippen LogP contribution in [-0.4, -0.2) is 58.5 Å². The predicted molar refractivity (Wildman–Crippen MR) is 75.0 cm³/mol. The molecule has 0 saturated carbocycles. The van der Waals surface area contributed by atoms with E-state index >= 15 is 0 Å². The van der Waals surface area contributed by atoms with Crippen molar-refractivity contribution in [2.45, 2.75) is 32.3 Å². The quantitative estimate of drug-likeness (QED) is 0.281. The SMILES string of the molecule is CC(CCOCCOP(=O)(O)CCCCO)OP(=O)(O)O. The van der Waals surface area contributed by atoms with E-state index in [1.807, 2.05) is 0 Å². The molecule has 9 nitrogen and oxygen atoms in total. The molecule has 2 atom stereocenters. The number of hydrogen-bond acceptors (Lipinski definition) is 6. The van der Waals surface area contributed by atoms with Gasteiger partial charge in [0.1, 0.15) is 0 Å². The van der Waals surface area contributed by atoms with Crippen molar-refractivity contribution in [2.24, 2.45) is 0 Å². The van der Waals surface area contributed by atoms with Gasteiger partial charge in [0.25, 0.3) is 0 Å². The molecule has 21 heavy (non-hydrogen) atoms. The van der Waals surface area contributed by atoms with Gasteiger partial charge >= 0.3 is 15.4 Å². The minimum Gasteiger partial charge on any atom is -0.396 e. The molecule has 0 heterocycles. The first-order valence-electron chi connectivity index (χ1n) is 6.55. The first kappa shape index (κ1) is 21.2. The lowest BCUT2D eigenvalue weighted by Gasteiger charge is -2.14. The van der Waals surface area contributed by atoms with E-state index in [-0.39, 0.29) is 39.0 Å². The largest absolute Gasteiger partial charge is 0.469 e. The third kappa shape index (κ3) is 14.9. The number of aliphatic hydroxyl groups is 1. The van der Waals surface area contributed by atoms with Crippen molar-refractivity contribution in [1.29, 1.82) is 0 Å². The van der Waals surface area contributed by atoms with Crippen LogP contribution in [0.25, 0.3) is 0 Å². The first-order valence-corrected chi connectivity index (χ1v) is 9.84. The summed E-state index contributed by atoms with van der Waals surface area (Å²) in [6.07, 6.45) is 0.456. The molecule has 0 aliphatic heterocycles. The van der Waals surface area contributed by atoms with Crippen LogP contribution in [0.5, 0.6) is 0 Å². The average molecular weight is 350 g/mol. The molecule has 0 rings (SSSR count). The van der Waals surface area contributed by atoms with Crippen LogP contribution >= 0.6 is 15.4 Å². The number of hydrogen-bond donors (Lipinski definition) is 4. The minimum atomic E-state index is -4.49. The number of phosphoric acid groups is 1. The van der Waals surface area contributed by atoms with Crippen molar-refractivity contribution in [3.8, 4) is 0 Å². The van der Waals surface area contributed by atoms with E-state index in [2.05, 4.69) is 4.52 Å². The molecule has 0 amide bonds. The Bertz CT molecular complexity index is 356. The van der Waals surface area contributed by atoms with E-state index in [4.69, 9.17) is 24.2 Å². The lowest BCUT2D eigenvalue weighted by Crippen LogP contribution is -2.12. The molecule has 2 unspecified atom stereocenters. The molecule has 0 spiro atoms. The van der Waals surface area contributed by atoms with Gasteiger partial charge in [-0.05, 0) is 26.2 Å². The van der Waals surface area contributed by atoms with Gasteiger partial charge in [-0.2, -0.15) is 0 Å². The summed E-state index contributed by atoms with van der Waals surface area (Å²) in [5.74, 6) is 0. The molecule has 0 aliphatic carbocycles. The van der Waals surface area contributed by atoms with Gasteiger partial charge < -0.3 is 29.0 Å². The fraction of sp³-hybridized carbons (Fsp3) is 1.00. The summed E-state index contributed by atoms with van der Waals surface area (Å²) in [5.41, 5.74) is 0. The number of unbranched alkanes of at least 4 members (excludes halogenated alkanes) is 1. The third-order valence-corrected chi connectivity index (χ3v) is 4.46. The Morgan fingerprint density at radius 3 is 2.29 bits per heavy atom. The second-order valence-corrected chi connectivity index (χ2v) is 7.60. The molecule has 0 aromatic carbocycles. The summed E-state index contributed by atoms with van der Waals surface area (Å²) in [4.78, 5) is 26.5. The van der Waals surface area contributed by atoms with Crippen LogP contribution in [0.1, 0.15) is 26.2 Å². The minimum absolute atomic E-state index is 0.0132. The Morgan fingerprint density at radius 2 is 1.71 bits per heavy atom. The van der Waals surface area contributed by atoms with Crippen LogP contribution in [0.2, 0.25) is 0 Å². The van der Waals surface area contributed by atoms with Crippen LogP contribution in [0, 0.1) is 0 Å². The molecule has 0 saturated heterocycles. The lowest BCUT2D eigenvalue weighted by atomic mass is 10.3. The molecule has 4 N–H and O–H groups in total. The van der Waals surface area contributed by atoms with Crippen molar-refractivity contribution in [1.82, 2.24) is 0 Å². The number of aliphatic hydroxyl groups excluding tert-OH is 1. The van der Waals surface area contributed by atoms with Crippen LogP contribution in [0.15, 0.2) is 0 Å². The summed E-state index contributed by atoms with van der Waals surface area (Å²) >= 11 is 0. The molecule has 11 heteroatoms. The van der Waals surface area contributed by atoms with Gasteiger partial charge in [-0.1, -0.05) is 0 Å². The van der Waals surface area contributed by atoms with E-state index in [9.17, 15) is 14.0 Å². The van der Waals surface area contributed by atoms with Gasteiger partial charge in [0, 0.05) is 13.2 Å². The molecular formula is C10H24O9P2. The standard InChI is InChI=1S/C10H24O9P2/c1-10(19-21(14,15)16)4-6-17-7-8-18-20(12,13)9-3-2-5-11/h10-11H,2-9H2,1H3,(H,12,13)(H2,14,15,16). The first-order chi connectivity index (χ1) is 9.66. The van der Waals surface area contributed by atoms with Crippen molar-refractivity contribution in [3.05, 3.63) is 0 Å². The van der Waals surface area contributed by atoms with E-state index in [1.54, 1.807) is 0 Å². The third-order valence-electron chi connectivity index (χ3n) is 2.36. The number of rotatable bonds is 13. The van der Waals surface area contributed by atoms with Crippen LogP contribution in [-0.2, 0) is 22.9 Å². The molecular weight excluding hydrogens is 326 g/mol. The zero-order valence-corrected chi connectivity index (χ0v) is 13.7. The van der Waals surface area contributed by atoms with Crippen molar-refractivity contribution in [3.63, 3.8) is 0 Å². The molecule has 0 aliphatic rings. The zero-order valence-electron chi connectivity index (χ0n) is 12.0. The Morgan fingerprint density at radius 1 is 1.05 bits per heavy atom. The van der Waals surface area contributed by atoms with Gasteiger partial charge in [-0.15, -0.1) is 0 Å². The molecule has 0 aromatic rings. The maximum absolute atomic E-state index is 11.5. The van der Waals surface area contributed by atoms with E-state index < -0.39 is 21.5 Å². The molecule has 0 radical (unpaired) electrons. The maximum atomic E-state index is 11.5. The second-order valence-electron chi connectivity index (χ2n) is 4.43. The van der Waals surface area contributed by atoms with Gasteiger partial charge in [0.2, 0.25) is 0 Å². The summed E-state index contributed by atoms with van der Waals surface area (Å²) in [5, 5.41) is 8.56. The highest BCUT2D eigenvalue weighted by molar-refractivity contribution is 7.52. The summed E-state index contributed by atoms with van der Waals surface area (Å²) < 4.78 is 36.3. The van der Waals surface area contributed by atoms with Gasteiger partial charge in [-0.25, -0.2) is 4.57 Å². The maximum Gasteiger partial charge on any atom is 0.469 e. The average Bonchev–Trinajstić information content (AvgIpc) is 2.31. The topological polar surface area (TPSA) is 143 Å². The Balaban J connectivity index is 3.59. The van der Waals surface area contributed by atoms with E-state index in [1.165, 1.54) is 6.92 Å². The smallest absolute Gasteiger partial charge is 0.396 e. The summed E-state index contributed by atoms with van der Waals surface area (Å²) in [7, 11) is -8.12. The highest BCUT2D eigenvalue weighted by Gasteiger charge is 2.19. The highest BCUT2D eigenvalue weighted by atomic mass is 31.2. The fourth-order valence-electron chi connectivity index (χ4n) is 1.37. The monoisotopic (exact) mass is 350 g/mol. The number of phosphoric ester groups is 1. The normalized spacial score (nSPS) is 16.6. The lowest BCUT2D eigenvalue weighted by molar-refractivity contribution is 0.0641. The Hall–Kier alpha value is 0.180. The summed E-state index contributed by atoms with van der Waals surface area (Å²) in [6.45, 7) is 1.69. The van der Waals surface area contributed by atoms with Crippen molar-refractivity contribution < 1.29 is 42.7 Å². The highest BCUT2D eigenvalue weighted by Crippen LogP contribution is 2.42. The fourth-order valence-corrected chi connectivity index (χ4v) is 3.05. The molecule has 0 aromatic heterocycles. The zero-order chi connectivity index (χ0) is 16.4. The van der Waals surface area contributed by atoms with E-state index in [0.29, 0.717) is 12.8 Å². The Labute approximate surface area is 124 Å². The van der Waals surface area contributed by atoms with Gasteiger partial charge in [0.15, 0.2) is 0 Å². The van der Waals surface area contributed by atoms with Gasteiger partial charge in [-0.3, -0.25) is 9.09 Å². The second kappa shape index (κ2) is 10.8. The predicted octanol–water partition coefficient (Wildman–Crippen LogP) is 0.865. The van der Waals surface area contributed by atoms with Crippen molar-refractivity contribution in [2.75, 3.05) is 32.6 Å². The van der Waals surface area contributed by atoms with Crippen LogP contribution < -0.4 is 0 Å². The Kier molecular flexibility index (Phi) is 10.9. The van der Waals surface area contributed by atoms with Crippen LogP contribution in [0.3, 0.4) is 0 Å². The molecule has 0 bridgehead atoms. The van der Waals surface area contributed by atoms with E-state index in [0.717, 1.165) is 0 Å². The number of ether oxygens (including phenoxy) is 1. The molecule has 0 fully saturated rings. The summed E-state index contributed by atoms with van der Waals surface area (Å²) in [6, 6.07) is 0.